The second-order valence-electron chi connectivity index (χ2n) is 6.10. The van der Waals surface area contributed by atoms with Gasteiger partial charge >= 0.3 is 0 Å². The van der Waals surface area contributed by atoms with Crippen LogP contribution in [0.3, 0.4) is 0 Å². The van der Waals surface area contributed by atoms with Gasteiger partial charge in [-0.1, -0.05) is 23.7 Å². The molecule has 2 N–H and O–H groups in total. The predicted molar refractivity (Wildman–Crippen MR) is 115 cm³/mol. The zero-order chi connectivity index (χ0) is 17.4. The van der Waals surface area contributed by atoms with Gasteiger partial charge in [0.1, 0.15) is 0 Å². The quantitative estimate of drug-likeness (QED) is 0.388. The lowest BCUT2D eigenvalue weighted by Crippen LogP contribution is -2.46. The van der Waals surface area contributed by atoms with Crippen molar-refractivity contribution in [3.63, 3.8) is 0 Å². The summed E-state index contributed by atoms with van der Waals surface area (Å²) in [5, 5.41) is 6.83. The van der Waals surface area contributed by atoms with Crippen LogP contribution >= 0.6 is 35.6 Å². The summed E-state index contributed by atoms with van der Waals surface area (Å²) in [4.78, 5) is 18.6. The Balaban J connectivity index is 0.00000312. The molecule has 1 aliphatic rings. The van der Waals surface area contributed by atoms with E-state index < -0.39 is 0 Å². The summed E-state index contributed by atoms with van der Waals surface area (Å²) >= 11 is 5.92. The fourth-order valence-electron chi connectivity index (χ4n) is 2.89. The van der Waals surface area contributed by atoms with E-state index in [2.05, 4.69) is 22.5 Å². The molecule has 1 heterocycles. The Morgan fingerprint density at radius 2 is 1.92 bits per heavy atom. The molecule has 140 valence electrons. The van der Waals surface area contributed by atoms with Crippen molar-refractivity contribution < 1.29 is 4.79 Å². The number of halogens is 2. The Labute approximate surface area is 172 Å². The number of carbonyl (C=O) groups excluding carboxylic acids is 1. The highest BCUT2D eigenvalue weighted by Gasteiger charge is 2.22. The molecule has 1 aliphatic heterocycles. The van der Waals surface area contributed by atoms with E-state index in [9.17, 15) is 4.79 Å². The van der Waals surface area contributed by atoms with Crippen LogP contribution in [0.15, 0.2) is 29.3 Å². The summed E-state index contributed by atoms with van der Waals surface area (Å²) in [5.41, 5.74) is 1.14. The molecule has 0 aliphatic carbocycles. The van der Waals surface area contributed by atoms with Gasteiger partial charge in [-0.15, -0.1) is 24.0 Å². The van der Waals surface area contributed by atoms with Gasteiger partial charge in [0.2, 0.25) is 5.91 Å². The highest BCUT2D eigenvalue weighted by molar-refractivity contribution is 14.0. The number of hydrogen-bond donors (Lipinski definition) is 2. The second-order valence-corrected chi connectivity index (χ2v) is 6.54. The molecule has 0 bridgehead atoms. The maximum Gasteiger partial charge on any atom is 0.220 e. The fourth-order valence-corrected chi connectivity index (χ4v) is 3.02. The summed E-state index contributed by atoms with van der Waals surface area (Å²) in [6, 6.07) is 7.79. The molecule has 1 aromatic rings. The number of nitrogens with one attached hydrogen (secondary N) is 2. The zero-order valence-electron chi connectivity index (χ0n) is 14.9. The van der Waals surface area contributed by atoms with Crippen molar-refractivity contribution >= 4 is 47.4 Å². The van der Waals surface area contributed by atoms with Gasteiger partial charge in [-0.05, 0) is 43.4 Å². The minimum absolute atomic E-state index is 0. The number of nitrogens with zero attached hydrogens (tertiary/aromatic N) is 2. The molecule has 0 spiro atoms. The third-order valence-corrected chi connectivity index (χ3v) is 4.58. The molecule has 0 aromatic heterocycles. The van der Waals surface area contributed by atoms with Crippen molar-refractivity contribution in [2.75, 3.05) is 26.7 Å². The van der Waals surface area contributed by atoms with E-state index in [4.69, 9.17) is 16.6 Å². The smallest absolute Gasteiger partial charge is 0.220 e. The normalized spacial score (nSPS) is 15.5. The highest BCUT2D eigenvalue weighted by atomic mass is 127. The first-order valence-corrected chi connectivity index (χ1v) is 8.98. The van der Waals surface area contributed by atoms with Crippen molar-refractivity contribution in [2.24, 2.45) is 10.9 Å². The molecular weight excluding hydrogens is 451 g/mol. The van der Waals surface area contributed by atoms with Crippen molar-refractivity contribution in [1.29, 1.82) is 0 Å². The second kappa shape index (κ2) is 11.6. The van der Waals surface area contributed by atoms with E-state index in [1.54, 1.807) is 7.05 Å². The first kappa shape index (κ1) is 22.0. The first-order valence-electron chi connectivity index (χ1n) is 8.60. The maximum atomic E-state index is 11.5. The first-order chi connectivity index (χ1) is 11.6. The molecule has 2 rings (SSSR count). The Morgan fingerprint density at radius 3 is 2.48 bits per heavy atom. The number of amides is 1. The average molecular weight is 479 g/mol. The van der Waals surface area contributed by atoms with E-state index in [0.29, 0.717) is 18.9 Å². The minimum Gasteiger partial charge on any atom is -0.359 e. The summed E-state index contributed by atoms with van der Waals surface area (Å²) < 4.78 is 0. The lowest BCUT2D eigenvalue weighted by molar-refractivity contribution is -0.121. The molecule has 0 atom stereocenters. The summed E-state index contributed by atoms with van der Waals surface area (Å²) in [5.74, 6) is 1.56. The van der Waals surface area contributed by atoms with Crippen LogP contribution in [0.4, 0.5) is 0 Å². The summed E-state index contributed by atoms with van der Waals surface area (Å²) in [6.45, 7) is 5.44. The van der Waals surface area contributed by atoms with Gasteiger partial charge in [0, 0.05) is 38.1 Å². The van der Waals surface area contributed by atoms with Gasteiger partial charge in [-0.3, -0.25) is 4.79 Å². The number of hydrogen-bond acceptors (Lipinski definition) is 2. The van der Waals surface area contributed by atoms with Gasteiger partial charge < -0.3 is 15.5 Å². The van der Waals surface area contributed by atoms with E-state index in [0.717, 1.165) is 49.0 Å². The molecule has 1 amide bonds. The van der Waals surface area contributed by atoms with Crippen LogP contribution in [-0.4, -0.2) is 43.4 Å². The van der Waals surface area contributed by atoms with Crippen LogP contribution in [0, 0.1) is 5.92 Å². The van der Waals surface area contributed by atoms with Gasteiger partial charge in [0.15, 0.2) is 5.96 Å². The van der Waals surface area contributed by atoms with Crippen molar-refractivity contribution in [2.45, 2.75) is 32.7 Å². The maximum absolute atomic E-state index is 11.5. The number of rotatable bonds is 5. The molecule has 0 unspecified atom stereocenters. The number of likely N-dealkylation sites (tertiary alicyclic amines) is 1. The molecule has 25 heavy (non-hydrogen) atoms. The van der Waals surface area contributed by atoms with Crippen LogP contribution < -0.4 is 10.6 Å². The molecule has 0 saturated carbocycles. The largest absolute Gasteiger partial charge is 0.359 e. The van der Waals surface area contributed by atoms with Crippen LogP contribution in [0.2, 0.25) is 5.02 Å². The van der Waals surface area contributed by atoms with Crippen molar-refractivity contribution in [1.82, 2.24) is 15.5 Å². The zero-order valence-corrected chi connectivity index (χ0v) is 18.0. The SMILES string of the molecule is CCNC(=NCc1ccc(Cl)cc1)N1CCC(CC(=O)NC)CC1.I. The topological polar surface area (TPSA) is 56.7 Å². The molecule has 1 saturated heterocycles. The third kappa shape index (κ3) is 7.40. The van der Waals surface area contributed by atoms with E-state index in [1.165, 1.54) is 0 Å². The molecule has 1 aromatic carbocycles. The molecule has 0 radical (unpaired) electrons. The minimum atomic E-state index is 0. The van der Waals surface area contributed by atoms with Crippen LogP contribution in [0.5, 0.6) is 0 Å². The summed E-state index contributed by atoms with van der Waals surface area (Å²) in [7, 11) is 1.70. The van der Waals surface area contributed by atoms with Crippen LogP contribution in [0.1, 0.15) is 31.7 Å². The highest BCUT2D eigenvalue weighted by Crippen LogP contribution is 2.20. The number of aliphatic imine (C=N–C) groups is 1. The van der Waals surface area contributed by atoms with Gasteiger partial charge in [0.05, 0.1) is 6.54 Å². The van der Waals surface area contributed by atoms with Gasteiger partial charge in [-0.2, -0.15) is 0 Å². The average Bonchev–Trinajstić information content (AvgIpc) is 2.60. The number of carbonyl (C=O) groups is 1. The van der Waals surface area contributed by atoms with Crippen LogP contribution in [0.25, 0.3) is 0 Å². The molecule has 7 heteroatoms. The molecular formula is C18H28ClIN4O. The number of benzene rings is 1. The Kier molecular flexibility index (Phi) is 10.2. The van der Waals surface area contributed by atoms with Crippen molar-refractivity contribution in [3.05, 3.63) is 34.9 Å². The van der Waals surface area contributed by atoms with Gasteiger partial charge in [-0.25, -0.2) is 4.99 Å². The van der Waals surface area contributed by atoms with E-state index in [-0.39, 0.29) is 29.9 Å². The van der Waals surface area contributed by atoms with Crippen LogP contribution in [-0.2, 0) is 11.3 Å². The Hall–Kier alpha value is -1.02. The fraction of sp³-hybridized carbons (Fsp3) is 0.556. The lowest BCUT2D eigenvalue weighted by Gasteiger charge is -2.34. The standard InChI is InChI=1S/C18H27ClN4O.HI/c1-3-21-18(22-13-15-4-6-16(19)7-5-15)23-10-8-14(9-11-23)12-17(24)20-2;/h4-7,14H,3,8-13H2,1-2H3,(H,20,24)(H,21,22);1H. The number of piperidine rings is 1. The predicted octanol–water partition coefficient (Wildman–Crippen LogP) is 3.27. The lowest BCUT2D eigenvalue weighted by atomic mass is 9.93. The van der Waals surface area contributed by atoms with E-state index in [1.807, 2.05) is 24.3 Å². The monoisotopic (exact) mass is 478 g/mol. The third-order valence-electron chi connectivity index (χ3n) is 4.33. The number of guanidine groups is 1. The van der Waals surface area contributed by atoms with Gasteiger partial charge in [0.25, 0.3) is 0 Å². The summed E-state index contributed by atoms with van der Waals surface area (Å²) in [6.07, 6.45) is 2.68. The van der Waals surface area contributed by atoms with E-state index >= 15 is 0 Å². The molecule has 1 fully saturated rings. The Bertz CT molecular complexity index is 557. The molecule has 5 nitrogen and oxygen atoms in total. The van der Waals surface area contributed by atoms with Crippen molar-refractivity contribution in [3.8, 4) is 0 Å². The Morgan fingerprint density at radius 1 is 1.28 bits per heavy atom.